The average Bonchev–Trinajstić information content (AvgIpc) is 3.02. The Morgan fingerprint density at radius 1 is 0.889 bits per heavy atom. The first-order valence-electron chi connectivity index (χ1n) is 9.41. The Kier molecular flexibility index (Phi) is 4.63. The average molecular weight is 356 g/mol. The highest BCUT2D eigenvalue weighted by Crippen LogP contribution is 2.31. The van der Waals surface area contributed by atoms with E-state index in [1.54, 1.807) is 0 Å². The van der Waals surface area contributed by atoms with Crippen LogP contribution < -0.4 is 5.32 Å². The molecule has 4 nitrogen and oxygen atoms in total. The molecule has 1 N–H and O–H groups in total. The van der Waals surface area contributed by atoms with Crippen LogP contribution in [0.5, 0.6) is 0 Å². The summed E-state index contributed by atoms with van der Waals surface area (Å²) >= 11 is 0. The lowest BCUT2D eigenvalue weighted by atomic mass is 10.1. The number of fused-ring (bicyclic) bond motifs is 1. The zero-order valence-corrected chi connectivity index (χ0v) is 16.0. The number of nitrogens with one attached hydrogen (secondary N) is 1. The molecule has 0 unspecified atom stereocenters. The molecule has 4 heteroatoms. The Morgan fingerprint density at radius 2 is 1.56 bits per heavy atom. The zero-order chi connectivity index (χ0) is 18.8. The van der Waals surface area contributed by atoms with E-state index in [1.807, 2.05) is 16.6 Å². The van der Waals surface area contributed by atoms with E-state index in [-0.39, 0.29) is 0 Å². The van der Waals surface area contributed by atoms with E-state index < -0.39 is 0 Å². The van der Waals surface area contributed by atoms with Crippen molar-refractivity contribution < 1.29 is 0 Å². The van der Waals surface area contributed by atoms with Crippen LogP contribution in [0, 0.1) is 13.8 Å². The topological polar surface area (TPSA) is 42.2 Å². The van der Waals surface area contributed by atoms with Crippen LogP contribution in [0.1, 0.15) is 29.4 Å². The van der Waals surface area contributed by atoms with Gasteiger partial charge in [-0.15, -0.1) is 0 Å². The minimum Gasteiger partial charge on any atom is -0.366 e. The van der Waals surface area contributed by atoms with Crippen molar-refractivity contribution >= 4 is 11.5 Å². The van der Waals surface area contributed by atoms with E-state index >= 15 is 0 Å². The van der Waals surface area contributed by atoms with Gasteiger partial charge in [0.15, 0.2) is 5.65 Å². The van der Waals surface area contributed by atoms with Gasteiger partial charge in [-0.1, -0.05) is 67.6 Å². The van der Waals surface area contributed by atoms with Crippen LogP contribution in [-0.2, 0) is 13.0 Å². The third kappa shape index (κ3) is 3.19. The van der Waals surface area contributed by atoms with Gasteiger partial charge in [-0.3, -0.25) is 0 Å². The van der Waals surface area contributed by atoms with Gasteiger partial charge in [0.05, 0.1) is 5.69 Å². The van der Waals surface area contributed by atoms with Crippen molar-refractivity contribution in [2.75, 3.05) is 5.32 Å². The number of anilines is 1. The fourth-order valence-corrected chi connectivity index (χ4v) is 3.63. The largest absolute Gasteiger partial charge is 0.366 e. The highest BCUT2D eigenvalue weighted by molar-refractivity contribution is 5.81. The Morgan fingerprint density at radius 3 is 2.22 bits per heavy atom. The molecule has 0 saturated carbocycles. The second kappa shape index (κ2) is 7.23. The molecule has 136 valence electrons. The van der Waals surface area contributed by atoms with Crippen molar-refractivity contribution in [1.82, 2.24) is 14.6 Å². The lowest BCUT2D eigenvalue weighted by Gasteiger charge is -2.15. The number of aromatic nitrogens is 3. The van der Waals surface area contributed by atoms with Gasteiger partial charge in [0.2, 0.25) is 0 Å². The Bertz CT molecular complexity index is 1070. The van der Waals surface area contributed by atoms with Gasteiger partial charge in [-0.2, -0.15) is 9.61 Å². The summed E-state index contributed by atoms with van der Waals surface area (Å²) in [6.45, 7) is 7.06. The summed E-state index contributed by atoms with van der Waals surface area (Å²) in [6, 6.07) is 20.8. The summed E-state index contributed by atoms with van der Waals surface area (Å²) in [7, 11) is 0. The molecule has 0 radical (unpaired) electrons. The molecule has 2 aromatic carbocycles. The van der Waals surface area contributed by atoms with E-state index in [4.69, 9.17) is 10.1 Å². The molecule has 0 bridgehead atoms. The van der Waals surface area contributed by atoms with Crippen molar-refractivity contribution in [3.05, 3.63) is 83.2 Å². The molecule has 2 heterocycles. The molecule has 2 aromatic heterocycles. The van der Waals surface area contributed by atoms with Gasteiger partial charge >= 0.3 is 0 Å². The number of nitrogens with zero attached hydrogens (tertiary/aromatic N) is 3. The molecule has 0 aliphatic heterocycles. The van der Waals surface area contributed by atoms with Crippen molar-refractivity contribution in [3.63, 3.8) is 0 Å². The third-order valence-electron chi connectivity index (χ3n) is 4.96. The van der Waals surface area contributed by atoms with E-state index in [0.717, 1.165) is 46.9 Å². The van der Waals surface area contributed by atoms with E-state index in [1.165, 1.54) is 11.1 Å². The molecule has 0 fully saturated rings. The quantitative estimate of drug-likeness (QED) is 0.535. The second-order valence-electron chi connectivity index (χ2n) is 6.78. The van der Waals surface area contributed by atoms with E-state index in [2.05, 4.69) is 74.6 Å². The molecule has 4 rings (SSSR count). The molecular weight excluding hydrogens is 332 g/mol. The number of aryl methyl sites for hydroxylation is 2. The fourth-order valence-electron chi connectivity index (χ4n) is 3.63. The summed E-state index contributed by atoms with van der Waals surface area (Å²) < 4.78 is 1.98. The number of hydrogen-bond acceptors (Lipinski definition) is 3. The minimum absolute atomic E-state index is 0.756. The smallest absolute Gasteiger partial charge is 0.165 e. The summed E-state index contributed by atoms with van der Waals surface area (Å²) in [5.74, 6) is 1.04. The fraction of sp³-hybridized carbons (Fsp3) is 0.217. The molecule has 0 spiro atoms. The first kappa shape index (κ1) is 17.3. The molecule has 0 atom stereocenters. The molecule has 27 heavy (non-hydrogen) atoms. The van der Waals surface area contributed by atoms with Crippen LogP contribution in [0.25, 0.3) is 16.8 Å². The SMILES string of the molecule is CCc1c(C)nc2c(-c3ccccc3)c(C)nn2c1NCc1ccccc1. The first-order chi connectivity index (χ1) is 13.2. The van der Waals surface area contributed by atoms with Gasteiger partial charge in [0.25, 0.3) is 0 Å². The van der Waals surface area contributed by atoms with E-state index in [0.29, 0.717) is 0 Å². The molecule has 4 aromatic rings. The van der Waals surface area contributed by atoms with Gasteiger partial charge in [-0.25, -0.2) is 4.98 Å². The van der Waals surface area contributed by atoms with Crippen LogP contribution in [0.15, 0.2) is 60.7 Å². The lowest BCUT2D eigenvalue weighted by molar-refractivity contribution is 0.873. The second-order valence-corrected chi connectivity index (χ2v) is 6.78. The molecule has 0 amide bonds. The summed E-state index contributed by atoms with van der Waals surface area (Å²) in [5.41, 5.74) is 7.65. The predicted octanol–water partition coefficient (Wildman–Crippen LogP) is 5.19. The zero-order valence-electron chi connectivity index (χ0n) is 16.0. The number of benzene rings is 2. The Balaban J connectivity index is 1.86. The van der Waals surface area contributed by atoms with Crippen LogP contribution in [0.4, 0.5) is 5.82 Å². The number of hydrogen-bond donors (Lipinski definition) is 1. The lowest BCUT2D eigenvalue weighted by Crippen LogP contribution is -2.11. The van der Waals surface area contributed by atoms with Gasteiger partial charge in [0, 0.05) is 23.4 Å². The standard InChI is InChI=1S/C23H24N4/c1-4-20-16(2)25-23-21(19-13-9-6-10-14-19)17(3)26-27(23)22(20)24-15-18-11-7-5-8-12-18/h5-14,24H,4,15H2,1-3H3. The first-order valence-corrected chi connectivity index (χ1v) is 9.41. The van der Waals surface area contributed by atoms with Gasteiger partial charge in [0.1, 0.15) is 5.82 Å². The maximum atomic E-state index is 4.92. The highest BCUT2D eigenvalue weighted by Gasteiger charge is 2.19. The molecule has 0 aliphatic rings. The number of rotatable bonds is 5. The highest BCUT2D eigenvalue weighted by atomic mass is 15.3. The van der Waals surface area contributed by atoms with Crippen LogP contribution in [0.2, 0.25) is 0 Å². The van der Waals surface area contributed by atoms with Crippen molar-refractivity contribution in [2.24, 2.45) is 0 Å². The van der Waals surface area contributed by atoms with Crippen molar-refractivity contribution in [3.8, 4) is 11.1 Å². The maximum absolute atomic E-state index is 4.92. The molecule has 0 saturated heterocycles. The molecular formula is C23H24N4. The molecule has 0 aliphatic carbocycles. The third-order valence-corrected chi connectivity index (χ3v) is 4.96. The van der Waals surface area contributed by atoms with E-state index in [9.17, 15) is 0 Å². The van der Waals surface area contributed by atoms with Gasteiger partial charge in [-0.05, 0) is 31.4 Å². The Labute approximate surface area is 159 Å². The monoisotopic (exact) mass is 356 g/mol. The summed E-state index contributed by atoms with van der Waals surface area (Å²) in [6.07, 6.45) is 0.908. The normalized spacial score (nSPS) is 11.1. The van der Waals surface area contributed by atoms with Crippen molar-refractivity contribution in [2.45, 2.75) is 33.7 Å². The Hall–Kier alpha value is -3.14. The van der Waals surface area contributed by atoms with Crippen LogP contribution in [-0.4, -0.2) is 14.6 Å². The minimum atomic E-state index is 0.756. The maximum Gasteiger partial charge on any atom is 0.165 e. The predicted molar refractivity (Wildman–Crippen MR) is 111 cm³/mol. The summed E-state index contributed by atoms with van der Waals surface area (Å²) in [4.78, 5) is 4.92. The van der Waals surface area contributed by atoms with Crippen LogP contribution in [0.3, 0.4) is 0 Å². The van der Waals surface area contributed by atoms with Crippen molar-refractivity contribution in [1.29, 1.82) is 0 Å². The summed E-state index contributed by atoms with van der Waals surface area (Å²) in [5, 5.41) is 8.46. The van der Waals surface area contributed by atoms with Crippen LogP contribution >= 0.6 is 0 Å². The van der Waals surface area contributed by atoms with Gasteiger partial charge < -0.3 is 5.32 Å².